The van der Waals surface area contributed by atoms with Gasteiger partial charge in [-0.25, -0.2) is 0 Å². The summed E-state index contributed by atoms with van der Waals surface area (Å²) in [5.74, 6) is 7.42. The second kappa shape index (κ2) is 10.7. The quantitative estimate of drug-likeness (QED) is 0.422. The Morgan fingerprint density at radius 1 is 0.966 bits per heavy atom. The number of hydrogen-bond acceptors (Lipinski definition) is 3. The molecule has 0 N–H and O–H groups in total. The molecular weight excluding hydrogens is 360 g/mol. The van der Waals surface area contributed by atoms with Crippen LogP contribution in [0.4, 0.5) is 0 Å². The molecular formula is C26H32O3. The van der Waals surface area contributed by atoms with Gasteiger partial charge >= 0.3 is 5.97 Å². The zero-order valence-electron chi connectivity index (χ0n) is 18.2. The molecule has 0 bridgehead atoms. The Kier molecular flexibility index (Phi) is 8.34. The molecule has 0 aliphatic heterocycles. The lowest BCUT2D eigenvalue weighted by molar-refractivity contribution is -0.155. The van der Waals surface area contributed by atoms with Crippen LogP contribution in [0, 0.1) is 11.8 Å². The fourth-order valence-electron chi connectivity index (χ4n) is 2.79. The van der Waals surface area contributed by atoms with Gasteiger partial charge in [-0.3, -0.25) is 4.79 Å². The molecule has 0 aromatic heterocycles. The van der Waals surface area contributed by atoms with Gasteiger partial charge in [0, 0.05) is 17.5 Å². The first-order valence-corrected chi connectivity index (χ1v) is 10.3. The second-order valence-electron chi connectivity index (χ2n) is 8.27. The van der Waals surface area contributed by atoms with Gasteiger partial charge in [-0.2, -0.15) is 0 Å². The molecule has 0 radical (unpaired) electrons. The normalized spacial score (nSPS) is 11.9. The highest BCUT2D eigenvalue weighted by atomic mass is 16.6. The van der Waals surface area contributed by atoms with Gasteiger partial charge in [0.1, 0.15) is 11.4 Å². The molecule has 154 valence electrons. The summed E-state index contributed by atoms with van der Waals surface area (Å²) in [5.41, 5.74) is 2.71. The number of ether oxygens (including phenoxy) is 2. The molecule has 3 nitrogen and oxygen atoms in total. The Morgan fingerprint density at radius 2 is 1.52 bits per heavy atom. The Bertz CT molecular complexity index is 831. The number of hydrogen-bond donors (Lipinski definition) is 0. The average molecular weight is 393 g/mol. The summed E-state index contributed by atoms with van der Waals surface area (Å²) in [6.07, 6.45) is 2.20. The second-order valence-corrected chi connectivity index (χ2v) is 8.27. The summed E-state index contributed by atoms with van der Waals surface area (Å²) < 4.78 is 11.0. The Morgan fingerprint density at radius 3 is 2.03 bits per heavy atom. The Hall–Kier alpha value is -2.73. The van der Waals surface area contributed by atoms with Crippen LogP contribution >= 0.6 is 0 Å². The maximum absolute atomic E-state index is 11.9. The predicted octanol–water partition coefficient (Wildman–Crippen LogP) is 6.10. The van der Waals surface area contributed by atoms with Gasteiger partial charge in [-0.1, -0.05) is 37.8 Å². The lowest BCUT2D eigenvalue weighted by atomic mass is 9.95. The minimum absolute atomic E-state index is 0.141. The lowest BCUT2D eigenvalue weighted by Crippen LogP contribution is -2.23. The van der Waals surface area contributed by atoms with E-state index < -0.39 is 5.60 Å². The summed E-state index contributed by atoms with van der Waals surface area (Å²) >= 11 is 0. The Balaban J connectivity index is 1.90. The molecule has 1 atom stereocenters. The van der Waals surface area contributed by atoms with Crippen molar-refractivity contribution in [1.29, 1.82) is 0 Å². The third-order valence-electron chi connectivity index (χ3n) is 4.36. The third-order valence-corrected chi connectivity index (χ3v) is 4.36. The molecule has 0 aliphatic carbocycles. The summed E-state index contributed by atoms with van der Waals surface area (Å²) in [5, 5.41) is 0. The minimum atomic E-state index is -0.427. The predicted molar refractivity (Wildman–Crippen MR) is 118 cm³/mol. The molecule has 0 heterocycles. The maximum Gasteiger partial charge on any atom is 0.306 e. The maximum atomic E-state index is 11.9. The SMILES string of the molecule is CCCOc1ccc(C#Cc2ccc(C(C)CCC(=O)OC(C)(C)C)cc2)cc1. The van der Waals surface area contributed by atoms with E-state index in [0.717, 1.165) is 36.3 Å². The van der Waals surface area contributed by atoms with E-state index in [4.69, 9.17) is 9.47 Å². The highest BCUT2D eigenvalue weighted by molar-refractivity contribution is 5.69. The van der Waals surface area contributed by atoms with Gasteiger partial charge in [0.2, 0.25) is 0 Å². The highest BCUT2D eigenvalue weighted by Crippen LogP contribution is 2.22. The first-order chi connectivity index (χ1) is 13.8. The zero-order valence-corrected chi connectivity index (χ0v) is 18.2. The van der Waals surface area contributed by atoms with Gasteiger partial charge in [-0.15, -0.1) is 0 Å². The molecule has 0 amide bonds. The van der Waals surface area contributed by atoms with Crippen LogP contribution in [0.3, 0.4) is 0 Å². The number of carbonyl (C=O) groups excluding carboxylic acids is 1. The van der Waals surface area contributed by atoms with Crippen LogP contribution in [-0.2, 0) is 9.53 Å². The van der Waals surface area contributed by atoms with E-state index in [1.54, 1.807) is 0 Å². The van der Waals surface area contributed by atoms with Crippen molar-refractivity contribution in [3.63, 3.8) is 0 Å². The van der Waals surface area contributed by atoms with Crippen molar-refractivity contribution in [3.8, 4) is 17.6 Å². The van der Waals surface area contributed by atoms with Crippen molar-refractivity contribution < 1.29 is 14.3 Å². The number of carbonyl (C=O) groups is 1. The molecule has 2 aromatic rings. The summed E-state index contributed by atoms with van der Waals surface area (Å²) in [6.45, 7) is 10.6. The van der Waals surface area contributed by atoms with Crippen molar-refractivity contribution in [2.24, 2.45) is 0 Å². The van der Waals surface area contributed by atoms with Gasteiger partial charge < -0.3 is 9.47 Å². The summed E-state index contributed by atoms with van der Waals surface area (Å²) in [6, 6.07) is 16.1. The van der Waals surface area contributed by atoms with Crippen molar-refractivity contribution in [3.05, 3.63) is 65.2 Å². The summed E-state index contributed by atoms with van der Waals surface area (Å²) in [4.78, 5) is 11.9. The van der Waals surface area contributed by atoms with Crippen LogP contribution in [0.1, 0.15) is 76.5 Å². The van der Waals surface area contributed by atoms with Crippen molar-refractivity contribution >= 4 is 5.97 Å². The van der Waals surface area contributed by atoms with Crippen LogP contribution in [-0.4, -0.2) is 18.2 Å². The van der Waals surface area contributed by atoms with E-state index in [1.807, 2.05) is 57.2 Å². The molecule has 1 unspecified atom stereocenters. The minimum Gasteiger partial charge on any atom is -0.494 e. The fraction of sp³-hybridized carbons (Fsp3) is 0.423. The van der Waals surface area contributed by atoms with Gasteiger partial charge in [0.05, 0.1) is 6.61 Å². The molecule has 2 rings (SSSR count). The van der Waals surface area contributed by atoms with Crippen LogP contribution in [0.15, 0.2) is 48.5 Å². The van der Waals surface area contributed by atoms with Crippen molar-refractivity contribution in [1.82, 2.24) is 0 Å². The molecule has 0 saturated carbocycles. The molecule has 0 aliphatic rings. The molecule has 29 heavy (non-hydrogen) atoms. The third kappa shape index (κ3) is 8.44. The van der Waals surface area contributed by atoms with E-state index in [1.165, 1.54) is 5.56 Å². The standard InChI is InChI=1S/C26H32O3/c1-6-19-28-24-16-12-22(13-17-24)9-8-21-10-14-23(15-11-21)20(2)7-18-25(27)29-26(3,4)5/h10-17,20H,6-7,18-19H2,1-5H3. The topological polar surface area (TPSA) is 35.5 Å². The summed E-state index contributed by atoms with van der Waals surface area (Å²) in [7, 11) is 0. The average Bonchev–Trinajstić information content (AvgIpc) is 2.69. The van der Waals surface area contributed by atoms with Crippen molar-refractivity contribution in [2.45, 2.75) is 65.4 Å². The fourth-order valence-corrected chi connectivity index (χ4v) is 2.79. The van der Waals surface area contributed by atoms with E-state index in [2.05, 4.69) is 37.8 Å². The van der Waals surface area contributed by atoms with Gasteiger partial charge in [-0.05, 0) is 81.5 Å². The lowest BCUT2D eigenvalue weighted by Gasteiger charge is -2.20. The largest absolute Gasteiger partial charge is 0.494 e. The molecule has 0 saturated heterocycles. The first-order valence-electron chi connectivity index (χ1n) is 10.3. The van der Waals surface area contributed by atoms with E-state index in [9.17, 15) is 4.79 Å². The highest BCUT2D eigenvalue weighted by Gasteiger charge is 2.17. The van der Waals surface area contributed by atoms with Crippen LogP contribution in [0.2, 0.25) is 0 Å². The van der Waals surface area contributed by atoms with Gasteiger partial charge in [0.25, 0.3) is 0 Å². The first kappa shape index (κ1) is 22.6. The molecule has 2 aromatic carbocycles. The van der Waals surface area contributed by atoms with E-state index in [-0.39, 0.29) is 5.97 Å². The molecule has 3 heteroatoms. The number of rotatable bonds is 7. The molecule has 0 fully saturated rings. The van der Waals surface area contributed by atoms with Gasteiger partial charge in [0.15, 0.2) is 0 Å². The number of esters is 1. The smallest absolute Gasteiger partial charge is 0.306 e. The zero-order chi connectivity index (χ0) is 21.3. The van der Waals surface area contributed by atoms with Crippen LogP contribution < -0.4 is 4.74 Å². The molecule has 0 spiro atoms. The monoisotopic (exact) mass is 392 g/mol. The van der Waals surface area contributed by atoms with Crippen LogP contribution in [0.5, 0.6) is 5.75 Å². The van der Waals surface area contributed by atoms with E-state index >= 15 is 0 Å². The number of benzene rings is 2. The van der Waals surface area contributed by atoms with Crippen molar-refractivity contribution in [2.75, 3.05) is 6.61 Å². The van der Waals surface area contributed by atoms with Crippen LogP contribution in [0.25, 0.3) is 0 Å². The Labute approximate surface area is 175 Å². The van der Waals surface area contributed by atoms with E-state index in [0.29, 0.717) is 12.3 Å².